The third kappa shape index (κ3) is 5.10. The zero-order valence-corrected chi connectivity index (χ0v) is 11.3. The average Bonchev–Trinajstić information content (AvgIpc) is 2.15. The second-order valence-corrected chi connectivity index (χ2v) is 6.40. The van der Waals surface area contributed by atoms with Crippen LogP contribution in [-0.4, -0.2) is 28.2 Å². The molecule has 0 amide bonds. The molecule has 3 nitrogen and oxygen atoms in total. The molecule has 0 spiro atoms. The standard InChI is InChI=1S/C10H24O3Si/c1-6-11-10(5,12-7-2)13-14(8-3)9-4/h14H,6-9H2,1-5H3. The van der Waals surface area contributed by atoms with Gasteiger partial charge in [-0.15, -0.1) is 0 Å². The molecule has 86 valence electrons. The maximum atomic E-state index is 5.91. The minimum absolute atomic E-state index is 0.616. The van der Waals surface area contributed by atoms with E-state index in [1.165, 1.54) is 0 Å². The minimum atomic E-state index is -1.13. The fourth-order valence-electron chi connectivity index (χ4n) is 1.39. The molecule has 0 saturated carbocycles. The summed E-state index contributed by atoms with van der Waals surface area (Å²) in [5.41, 5.74) is 0. The maximum absolute atomic E-state index is 5.91. The van der Waals surface area contributed by atoms with Gasteiger partial charge in [-0.2, -0.15) is 0 Å². The van der Waals surface area contributed by atoms with Crippen molar-refractivity contribution in [1.29, 1.82) is 0 Å². The highest BCUT2D eigenvalue weighted by atomic mass is 28.3. The van der Waals surface area contributed by atoms with Crippen LogP contribution in [0.2, 0.25) is 12.1 Å². The molecule has 0 aromatic carbocycles. The Kier molecular flexibility index (Phi) is 7.45. The first-order valence-corrected chi connectivity index (χ1v) is 7.67. The summed E-state index contributed by atoms with van der Waals surface area (Å²) in [6.07, 6.45) is 0. The predicted octanol–water partition coefficient (Wildman–Crippen LogP) is 2.51. The topological polar surface area (TPSA) is 27.7 Å². The fraction of sp³-hybridized carbons (Fsp3) is 1.00. The summed E-state index contributed by atoms with van der Waals surface area (Å²) in [4.78, 5) is 0. The van der Waals surface area contributed by atoms with Crippen LogP contribution >= 0.6 is 0 Å². The molecule has 0 aromatic heterocycles. The average molecular weight is 220 g/mol. The van der Waals surface area contributed by atoms with Gasteiger partial charge in [-0.3, -0.25) is 0 Å². The lowest BCUT2D eigenvalue weighted by Crippen LogP contribution is -2.40. The molecule has 0 aromatic rings. The van der Waals surface area contributed by atoms with E-state index in [9.17, 15) is 0 Å². The molecule has 4 heteroatoms. The second kappa shape index (κ2) is 7.40. The van der Waals surface area contributed by atoms with Crippen molar-refractivity contribution in [3.63, 3.8) is 0 Å². The van der Waals surface area contributed by atoms with Gasteiger partial charge in [0.25, 0.3) is 5.97 Å². The van der Waals surface area contributed by atoms with Crippen molar-refractivity contribution in [3.05, 3.63) is 0 Å². The van der Waals surface area contributed by atoms with Crippen molar-refractivity contribution in [3.8, 4) is 0 Å². The van der Waals surface area contributed by atoms with Gasteiger partial charge in [-0.05, 0) is 25.9 Å². The van der Waals surface area contributed by atoms with E-state index in [4.69, 9.17) is 13.9 Å². The van der Waals surface area contributed by atoms with Crippen LogP contribution in [0.3, 0.4) is 0 Å². The van der Waals surface area contributed by atoms with Crippen molar-refractivity contribution in [2.75, 3.05) is 13.2 Å². The third-order valence-corrected chi connectivity index (χ3v) is 4.69. The molecule has 0 atom stereocenters. The number of hydrogen-bond acceptors (Lipinski definition) is 3. The molecular weight excluding hydrogens is 196 g/mol. The molecule has 0 radical (unpaired) electrons. The molecule has 0 aliphatic heterocycles. The Morgan fingerprint density at radius 3 is 1.64 bits per heavy atom. The van der Waals surface area contributed by atoms with E-state index in [0.717, 1.165) is 12.1 Å². The lowest BCUT2D eigenvalue weighted by molar-refractivity contribution is -0.332. The molecule has 14 heavy (non-hydrogen) atoms. The molecule has 0 aliphatic carbocycles. The Labute approximate surface area is 89.5 Å². The molecule has 0 N–H and O–H groups in total. The highest BCUT2D eigenvalue weighted by Gasteiger charge is 2.29. The van der Waals surface area contributed by atoms with Crippen LogP contribution in [0.5, 0.6) is 0 Å². The lowest BCUT2D eigenvalue weighted by Gasteiger charge is -2.32. The fourth-order valence-corrected chi connectivity index (χ4v) is 3.04. The number of ether oxygens (including phenoxy) is 2. The van der Waals surface area contributed by atoms with Crippen LogP contribution in [-0.2, 0) is 13.9 Å². The van der Waals surface area contributed by atoms with E-state index in [2.05, 4.69) is 13.8 Å². The van der Waals surface area contributed by atoms with Crippen molar-refractivity contribution in [2.45, 2.75) is 52.7 Å². The van der Waals surface area contributed by atoms with Crippen LogP contribution in [0.25, 0.3) is 0 Å². The summed E-state index contributed by atoms with van der Waals surface area (Å²) in [5, 5.41) is 0. The Hall–Kier alpha value is 0.0969. The normalized spacial score (nSPS) is 12.4. The van der Waals surface area contributed by atoms with Gasteiger partial charge < -0.3 is 13.9 Å². The zero-order chi connectivity index (χ0) is 11.0. The first-order chi connectivity index (χ1) is 6.61. The SMILES string of the molecule is CCOC(C)(OCC)O[SiH](CC)CC. The van der Waals surface area contributed by atoms with Crippen LogP contribution in [0.4, 0.5) is 0 Å². The van der Waals surface area contributed by atoms with Gasteiger partial charge >= 0.3 is 0 Å². The monoisotopic (exact) mass is 220 g/mol. The summed E-state index contributed by atoms with van der Waals surface area (Å²) in [7, 11) is -1.13. The molecular formula is C10H24O3Si. The predicted molar refractivity (Wildman–Crippen MR) is 60.9 cm³/mol. The lowest BCUT2D eigenvalue weighted by atomic mass is 10.6. The molecule has 0 saturated heterocycles. The molecule has 0 fully saturated rings. The largest absolute Gasteiger partial charge is 0.372 e. The first-order valence-electron chi connectivity index (χ1n) is 5.57. The summed E-state index contributed by atoms with van der Waals surface area (Å²) >= 11 is 0. The molecule has 0 aliphatic rings. The van der Waals surface area contributed by atoms with Gasteiger partial charge in [0.2, 0.25) is 0 Å². The van der Waals surface area contributed by atoms with E-state index in [-0.39, 0.29) is 0 Å². The first kappa shape index (κ1) is 14.1. The van der Waals surface area contributed by atoms with Crippen LogP contribution in [0.15, 0.2) is 0 Å². The molecule has 0 unspecified atom stereocenters. The van der Waals surface area contributed by atoms with E-state index < -0.39 is 15.0 Å². The van der Waals surface area contributed by atoms with Crippen molar-refractivity contribution in [1.82, 2.24) is 0 Å². The van der Waals surface area contributed by atoms with Gasteiger partial charge in [-0.1, -0.05) is 13.8 Å². The summed E-state index contributed by atoms with van der Waals surface area (Å²) < 4.78 is 16.9. The summed E-state index contributed by atoms with van der Waals surface area (Å²) in [5.74, 6) is -0.813. The Bertz CT molecular complexity index is 131. The summed E-state index contributed by atoms with van der Waals surface area (Å²) in [6.45, 7) is 11.3. The molecule has 0 heterocycles. The summed E-state index contributed by atoms with van der Waals surface area (Å²) in [6, 6.07) is 2.23. The van der Waals surface area contributed by atoms with Crippen LogP contribution < -0.4 is 0 Å². The highest BCUT2D eigenvalue weighted by molar-refractivity contribution is 6.51. The Morgan fingerprint density at radius 1 is 0.929 bits per heavy atom. The maximum Gasteiger partial charge on any atom is 0.270 e. The second-order valence-electron chi connectivity index (χ2n) is 3.28. The quantitative estimate of drug-likeness (QED) is 0.465. The van der Waals surface area contributed by atoms with Crippen molar-refractivity contribution < 1.29 is 13.9 Å². The highest BCUT2D eigenvalue weighted by Crippen LogP contribution is 2.18. The van der Waals surface area contributed by atoms with Gasteiger partial charge in [0.15, 0.2) is 9.04 Å². The van der Waals surface area contributed by atoms with Gasteiger partial charge in [0, 0.05) is 20.1 Å². The third-order valence-electron chi connectivity index (χ3n) is 2.10. The van der Waals surface area contributed by atoms with Gasteiger partial charge in [0.1, 0.15) is 0 Å². The van der Waals surface area contributed by atoms with Crippen LogP contribution in [0, 0.1) is 0 Å². The number of rotatable bonds is 8. The van der Waals surface area contributed by atoms with E-state index >= 15 is 0 Å². The molecule has 0 bridgehead atoms. The van der Waals surface area contributed by atoms with Crippen molar-refractivity contribution in [2.24, 2.45) is 0 Å². The zero-order valence-electron chi connectivity index (χ0n) is 10.1. The van der Waals surface area contributed by atoms with Gasteiger partial charge in [-0.25, -0.2) is 0 Å². The molecule has 0 rings (SSSR count). The van der Waals surface area contributed by atoms with Crippen molar-refractivity contribution >= 4 is 9.04 Å². The Morgan fingerprint density at radius 2 is 1.36 bits per heavy atom. The van der Waals surface area contributed by atoms with E-state index in [1.807, 2.05) is 20.8 Å². The number of hydrogen-bond donors (Lipinski definition) is 0. The van der Waals surface area contributed by atoms with E-state index in [1.54, 1.807) is 0 Å². The minimum Gasteiger partial charge on any atom is -0.372 e. The van der Waals surface area contributed by atoms with E-state index in [0.29, 0.717) is 13.2 Å². The van der Waals surface area contributed by atoms with Crippen LogP contribution in [0.1, 0.15) is 34.6 Å². The van der Waals surface area contributed by atoms with Gasteiger partial charge in [0.05, 0.1) is 0 Å². The smallest absolute Gasteiger partial charge is 0.270 e. The Balaban J connectivity index is 4.17.